The maximum atomic E-state index is 13.2. The van der Waals surface area contributed by atoms with E-state index in [2.05, 4.69) is 5.32 Å². The lowest BCUT2D eigenvalue weighted by atomic mass is 9.98. The standard InChI is InChI=1S/C15H23F2NO9S/c1-9(19)25-5-3-11-7-12(8-14(18-11)27-10(2)20)26-6-4-13(21)15(16,17)28(22,23)24/h11-12,14,18H,3-8H2,1-2H3,(H,22,23,24). The fourth-order valence-corrected chi connectivity index (χ4v) is 3.01. The van der Waals surface area contributed by atoms with E-state index in [9.17, 15) is 31.6 Å². The third-order valence-corrected chi connectivity index (χ3v) is 4.73. The number of carbonyl (C=O) groups is 3. The lowest BCUT2D eigenvalue weighted by molar-refractivity contribution is -0.153. The third kappa shape index (κ3) is 7.73. The van der Waals surface area contributed by atoms with Crippen LogP contribution in [0.15, 0.2) is 0 Å². The third-order valence-electron chi connectivity index (χ3n) is 3.86. The first-order valence-electron chi connectivity index (χ1n) is 8.39. The van der Waals surface area contributed by atoms with Crippen LogP contribution >= 0.6 is 0 Å². The minimum absolute atomic E-state index is 0.103. The molecule has 28 heavy (non-hydrogen) atoms. The Kier molecular flexibility index (Phi) is 8.85. The van der Waals surface area contributed by atoms with Crippen molar-refractivity contribution >= 4 is 27.8 Å². The Morgan fingerprint density at radius 2 is 1.79 bits per heavy atom. The molecule has 0 saturated carbocycles. The zero-order valence-corrected chi connectivity index (χ0v) is 16.2. The van der Waals surface area contributed by atoms with Crippen molar-refractivity contribution in [3.05, 3.63) is 0 Å². The van der Waals surface area contributed by atoms with Crippen LogP contribution in [-0.2, 0) is 38.7 Å². The monoisotopic (exact) mass is 431 g/mol. The van der Waals surface area contributed by atoms with Crippen molar-refractivity contribution < 1.29 is 50.3 Å². The fraction of sp³-hybridized carbons (Fsp3) is 0.800. The van der Waals surface area contributed by atoms with E-state index in [-0.39, 0.29) is 19.1 Å². The number of hydrogen-bond acceptors (Lipinski definition) is 9. The van der Waals surface area contributed by atoms with Crippen LogP contribution in [0.4, 0.5) is 8.78 Å². The summed E-state index contributed by atoms with van der Waals surface area (Å²) in [5, 5.41) is -1.89. The number of Topliss-reactive ketones (excluding diaryl/α,β-unsaturated/α-hetero) is 1. The summed E-state index contributed by atoms with van der Waals surface area (Å²) < 4.78 is 71.2. The van der Waals surface area contributed by atoms with E-state index in [0.29, 0.717) is 12.8 Å². The molecule has 2 N–H and O–H groups in total. The molecule has 0 radical (unpaired) electrons. The highest BCUT2D eigenvalue weighted by Crippen LogP contribution is 2.24. The number of nitrogens with one attached hydrogen (secondary N) is 1. The Morgan fingerprint density at radius 1 is 1.14 bits per heavy atom. The smallest absolute Gasteiger partial charge is 0.426 e. The van der Waals surface area contributed by atoms with Gasteiger partial charge in [0.15, 0.2) is 6.23 Å². The Hall–Kier alpha value is -1.70. The summed E-state index contributed by atoms with van der Waals surface area (Å²) in [6, 6.07) is -0.280. The molecule has 1 rings (SSSR count). The lowest BCUT2D eigenvalue weighted by Gasteiger charge is -2.35. The number of piperidine rings is 1. The van der Waals surface area contributed by atoms with Crippen LogP contribution in [0.3, 0.4) is 0 Å². The molecule has 1 heterocycles. The average molecular weight is 431 g/mol. The molecule has 10 nitrogen and oxygen atoms in total. The van der Waals surface area contributed by atoms with E-state index in [0.717, 1.165) is 0 Å². The van der Waals surface area contributed by atoms with Crippen molar-refractivity contribution in [3.63, 3.8) is 0 Å². The number of carbonyl (C=O) groups excluding carboxylic acids is 3. The Balaban J connectivity index is 2.60. The molecule has 0 bridgehead atoms. The van der Waals surface area contributed by atoms with Crippen LogP contribution in [-0.4, -0.2) is 67.5 Å². The Morgan fingerprint density at radius 3 is 2.32 bits per heavy atom. The maximum absolute atomic E-state index is 13.2. The molecule has 1 saturated heterocycles. The van der Waals surface area contributed by atoms with Gasteiger partial charge in [0, 0.05) is 32.7 Å². The minimum atomic E-state index is -5.85. The van der Waals surface area contributed by atoms with Crippen LogP contribution in [0.2, 0.25) is 0 Å². The fourth-order valence-electron chi connectivity index (χ4n) is 2.62. The molecule has 1 aliphatic rings. The van der Waals surface area contributed by atoms with Crippen molar-refractivity contribution in [3.8, 4) is 0 Å². The van der Waals surface area contributed by atoms with E-state index in [4.69, 9.17) is 18.8 Å². The van der Waals surface area contributed by atoms with Crippen LogP contribution in [0.25, 0.3) is 0 Å². The van der Waals surface area contributed by atoms with E-state index in [1.54, 1.807) is 0 Å². The highest BCUT2D eigenvalue weighted by molar-refractivity contribution is 7.87. The Bertz CT molecular complexity index is 683. The quantitative estimate of drug-likeness (QED) is 0.368. The van der Waals surface area contributed by atoms with Gasteiger partial charge in [0.2, 0.25) is 5.78 Å². The van der Waals surface area contributed by atoms with Crippen LogP contribution in [0.5, 0.6) is 0 Å². The largest absolute Gasteiger partial charge is 0.466 e. The number of halogens is 2. The van der Waals surface area contributed by atoms with Gasteiger partial charge in [0.25, 0.3) is 0 Å². The maximum Gasteiger partial charge on any atom is 0.426 e. The Labute approximate surface area is 160 Å². The molecule has 162 valence electrons. The predicted molar refractivity (Wildman–Crippen MR) is 88.8 cm³/mol. The molecule has 1 aliphatic heterocycles. The second kappa shape index (κ2) is 10.2. The first kappa shape index (κ1) is 24.3. The van der Waals surface area contributed by atoms with Gasteiger partial charge in [-0.1, -0.05) is 0 Å². The van der Waals surface area contributed by atoms with Gasteiger partial charge >= 0.3 is 27.3 Å². The van der Waals surface area contributed by atoms with Crippen molar-refractivity contribution in [1.82, 2.24) is 5.32 Å². The SMILES string of the molecule is CC(=O)OCCC1CC(OCCC(=O)C(F)(F)S(=O)(=O)O)CC(OC(C)=O)N1. The topological polar surface area (TPSA) is 145 Å². The van der Waals surface area contributed by atoms with Crippen molar-refractivity contribution in [2.75, 3.05) is 13.2 Å². The molecule has 0 aromatic carbocycles. The van der Waals surface area contributed by atoms with Crippen LogP contribution < -0.4 is 5.32 Å². The molecule has 0 spiro atoms. The number of alkyl halides is 2. The van der Waals surface area contributed by atoms with Gasteiger partial charge in [-0.2, -0.15) is 17.2 Å². The van der Waals surface area contributed by atoms with Gasteiger partial charge in [0.1, 0.15) is 0 Å². The van der Waals surface area contributed by atoms with Crippen LogP contribution in [0, 0.1) is 0 Å². The summed E-state index contributed by atoms with van der Waals surface area (Å²) in [7, 11) is -5.85. The van der Waals surface area contributed by atoms with Gasteiger partial charge < -0.3 is 14.2 Å². The van der Waals surface area contributed by atoms with Crippen LogP contribution in [0.1, 0.15) is 39.5 Å². The predicted octanol–water partition coefficient (Wildman–Crippen LogP) is 0.406. The number of ether oxygens (including phenoxy) is 3. The van der Waals surface area contributed by atoms with Gasteiger partial charge in [-0.05, 0) is 12.8 Å². The van der Waals surface area contributed by atoms with Gasteiger partial charge in [0.05, 0.1) is 19.3 Å². The summed E-state index contributed by atoms with van der Waals surface area (Å²) in [6.07, 6.45) is -1.35. The second-order valence-corrected chi connectivity index (χ2v) is 7.68. The normalized spacial score (nSPS) is 23.1. The molecule has 0 aromatic heterocycles. The van der Waals surface area contributed by atoms with Crippen molar-refractivity contribution in [1.29, 1.82) is 0 Å². The number of esters is 2. The second-order valence-electron chi connectivity index (χ2n) is 6.22. The zero-order chi connectivity index (χ0) is 21.5. The van der Waals surface area contributed by atoms with E-state index in [1.807, 2.05) is 0 Å². The zero-order valence-electron chi connectivity index (χ0n) is 15.4. The molecule has 13 heteroatoms. The molecular formula is C15H23F2NO9S. The highest BCUT2D eigenvalue weighted by atomic mass is 32.2. The summed E-state index contributed by atoms with van der Waals surface area (Å²) in [5.74, 6) is -3.01. The first-order chi connectivity index (χ1) is 12.8. The van der Waals surface area contributed by atoms with E-state index in [1.165, 1.54) is 13.8 Å². The number of ketones is 1. The van der Waals surface area contributed by atoms with Crippen molar-refractivity contribution in [2.24, 2.45) is 0 Å². The first-order valence-corrected chi connectivity index (χ1v) is 9.83. The number of rotatable bonds is 10. The van der Waals surface area contributed by atoms with E-state index < -0.39 is 58.5 Å². The van der Waals surface area contributed by atoms with Gasteiger partial charge in [-0.25, -0.2) is 0 Å². The minimum Gasteiger partial charge on any atom is -0.466 e. The number of hydrogen-bond donors (Lipinski definition) is 2. The summed E-state index contributed by atoms with van der Waals surface area (Å²) in [6.45, 7) is 2.04. The molecular weight excluding hydrogens is 408 g/mol. The molecule has 0 aliphatic carbocycles. The van der Waals surface area contributed by atoms with Gasteiger partial charge in [-0.3, -0.25) is 24.3 Å². The summed E-state index contributed by atoms with van der Waals surface area (Å²) >= 11 is 0. The van der Waals surface area contributed by atoms with Crippen molar-refractivity contribution in [2.45, 2.75) is 63.2 Å². The molecule has 3 unspecified atom stereocenters. The van der Waals surface area contributed by atoms with Gasteiger partial charge in [-0.15, -0.1) is 0 Å². The molecule has 1 fully saturated rings. The molecule has 0 amide bonds. The summed E-state index contributed by atoms with van der Waals surface area (Å²) in [5.41, 5.74) is 0. The molecule has 3 atom stereocenters. The average Bonchev–Trinajstić information content (AvgIpc) is 2.52. The van der Waals surface area contributed by atoms with E-state index >= 15 is 0 Å². The lowest BCUT2D eigenvalue weighted by Crippen LogP contribution is -2.50. The molecule has 0 aromatic rings. The highest BCUT2D eigenvalue weighted by Gasteiger charge is 2.51. The summed E-state index contributed by atoms with van der Waals surface area (Å²) in [4.78, 5) is 33.3.